The molecule has 2 saturated carbocycles. The van der Waals surface area contributed by atoms with Crippen LogP contribution in [0.2, 0.25) is 0 Å². The standard InChI is InChI=1S/C33H27BrN2O4S2/c1-16-4-2-3-5-18(16)15-40-21-12-6-17(7-13-21)24-25-22-14-23(28(25)41-30-29(24)42-33(39)35-30)27-26(22)31(37)36(32(27)38)20-10-8-19(34)9-11-20/h2-13,22-28H,14-15H2,1H3,(H,35,39)/t22?,23?,24-,25?,26?,27?,28?/m1/s1. The first-order valence-corrected chi connectivity index (χ1v) is 16.7. The van der Waals surface area contributed by atoms with Crippen molar-refractivity contribution < 1.29 is 14.3 Å². The number of aryl methyl sites for hydroxylation is 1. The van der Waals surface area contributed by atoms with E-state index in [9.17, 15) is 14.4 Å². The maximum Gasteiger partial charge on any atom is 0.305 e. The van der Waals surface area contributed by atoms with E-state index in [2.05, 4.69) is 52.1 Å². The van der Waals surface area contributed by atoms with Crippen LogP contribution >= 0.6 is 39.0 Å². The predicted molar refractivity (Wildman–Crippen MR) is 167 cm³/mol. The lowest BCUT2D eigenvalue weighted by Crippen LogP contribution is -2.42. The Labute approximate surface area is 259 Å². The van der Waals surface area contributed by atoms with Gasteiger partial charge in [0.2, 0.25) is 11.8 Å². The number of hydrogen-bond acceptors (Lipinski definition) is 6. The number of amides is 2. The molecule has 0 radical (unpaired) electrons. The van der Waals surface area contributed by atoms with Crippen molar-refractivity contribution in [1.29, 1.82) is 0 Å². The number of thioether (sulfide) groups is 1. The number of aromatic nitrogens is 1. The number of halogens is 1. The highest BCUT2D eigenvalue weighted by Crippen LogP contribution is 2.68. The number of fused-ring (bicyclic) bond motifs is 9. The van der Waals surface area contributed by atoms with Gasteiger partial charge in [-0.05, 0) is 84.2 Å². The van der Waals surface area contributed by atoms with Crippen LogP contribution in [0.4, 0.5) is 5.69 Å². The SMILES string of the molecule is Cc1ccccc1COc1ccc([C@H]2c3sc(=O)[nH]c3SC3C4CC(C5C(=O)N(c6ccc(Br)cc6)C(=O)C45)C32)cc1. The van der Waals surface area contributed by atoms with Gasteiger partial charge in [0.05, 0.1) is 22.5 Å². The molecule has 4 aromatic rings. The van der Waals surface area contributed by atoms with Crippen LogP contribution in [0.3, 0.4) is 0 Å². The summed E-state index contributed by atoms with van der Waals surface area (Å²) >= 11 is 6.44. The zero-order valence-electron chi connectivity index (χ0n) is 22.7. The molecule has 2 bridgehead atoms. The van der Waals surface area contributed by atoms with Crippen molar-refractivity contribution in [2.45, 2.75) is 36.1 Å². The van der Waals surface area contributed by atoms with Crippen LogP contribution in [0.5, 0.6) is 5.75 Å². The number of imide groups is 1. The Morgan fingerprint density at radius 2 is 1.64 bits per heavy atom. The Morgan fingerprint density at radius 1 is 0.929 bits per heavy atom. The number of carbonyl (C=O) groups excluding carboxylic acids is 2. The molecule has 9 heteroatoms. The molecule has 3 heterocycles. The van der Waals surface area contributed by atoms with E-state index in [-0.39, 0.29) is 57.4 Å². The third kappa shape index (κ3) is 4.00. The summed E-state index contributed by atoms with van der Waals surface area (Å²) in [5.41, 5.74) is 4.11. The normalized spacial score (nSPS) is 29.0. The molecule has 2 aliphatic heterocycles. The summed E-state index contributed by atoms with van der Waals surface area (Å²) in [4.78, 5) is 45.8. The molecule has 212 valence electrons. The fourth-order valence-electron chi connectivity index (χ4n) is 7.94. The first-order chi connectivity index (χ1) is 20.4. The zero-order chi connectivity index (χ0) is 28.7. The summed E-state index contributed by atoms with van der Waals surface area (Å²) < 4.78 is 7.03. The third-order valence-electron chi connectivity index (χ3n) is 9.70. The van der Waals surface area contributed by atoms with Crippen molar-refractivity contribution in [2.75, 3.05) is 4.90 Å². The maximum atomic E-state index is 13.9. The van der Waals surface area contributed by atoms with Crippen LogP contribution in [0.25, 0.3) is 0 Å². The largest absolute Gasteiger partial charge is 0.489 e. The monoisotopic (exact) mass is 658 g/mol. The number of aromatic amines is 1. The first-order valence-electron chi connectivity index (χ1n) is 14.2. The lowest BCUT2D eigenvalue weighted by Gasteiger charge is -2.43. The zero-order valence-corrected chi connectivity index (χ0v) is 25.9. The van der Waals surface area contributed by atoms with E-state index in [0.717, 1.165) is 37.7 Å². The van der Waals surface area contributed by atoms with Crippen LogP contribution in [0.1, 0.15) is 33.9 Å². The van der Waals surface area contributed by atoms with Gasteiger partial charge < -0.3 is 9.72 Å². The van der Waals surface area contributed by atoms with Crippen molar-refractivity contribution in [3.05, 3.63) is 109 Å². The molecule has 1 saturated heterocycles. The van der Waals surface area contributed by atoms with E-state index < -0.39 is 0 Å². The van der Waals surface area contributed by atoms with E-state index in [1.807, 2.05) is 48.5 Å². The van der Waals surface area contributed by atoms with Gasteiger partial charge in [0, 0.05) is 20.5 Å². The molecular formula is C33H27BrN2O4S2. The number of thiazole rings is 1. The van der Waals surface area contributed by atoms with Gasteiger partial charge in [0.1, 0.15) is 12.4 Å². The Hall–Kier alpha value is -3.14. The summed E-state index contributed by atoms with van der Waals surface area (Å²) in [5, 5.41) is 1.08. The second-order valence-electron chi connectivity index (χ2n) is 11.7. The average Bonchev–Trinajstić information content (AvgIpc) is 3.72. The topological polar surface area (TPSA) is 79.5 Å². The number of benzene rings is 3. The van der Waals surface area contributed by atoms with Gasteiger partial charge in [-0.1, -0.05) is 63.7 Å². The maximum absolute atomic E-state index is 13.9. The minimum Gasteiger partial charge on any atom is -0.489 e. The minimum absolute atomic E-state index is 0.0128. The number of carbonyl (C=O) groups is 2. The molecule has 7 atom stereocenters. The second kappa shape index (κ2) is 9.96. The summed E-state index contributed by atoms with van der Waals surface area (Å²) in [6, 6.07) is 23.8. The second-order valence-corrected chi connectivity index (χ2v) is 14.9. The van der Waals surface area contributed by atoms with Gasteiger partial charge in [0.15, 0.2) is 0 Å². The molecule has 8 rings (SSSR count). The molecule has 3 fully saturated rings. The van der Waals surface area contributed by atoms with E-state index in [1.54, 1.807) is 11.8 Å². The van der Waals surface area contributed by atoms with E-state index >= 15 is 0 Å². The Balaban J connectivity index is 1.12. The van der Waals surface area contributed by atoms with Crippen molar-refractivity contribution in [2.24, 2.45) is 29.6 Å². The summed E-state index contributed by atoms with van der Waals surface area (Å²) in [7, 11) is 0. The van der Waals surface area contributed by atoms with Crippen LogP contribution < -0.4 is 14.5 Å². The molecule has 42 heavy (non-hydrogen) atoms. The molecule has 2 amide bonds. The van der Waals surface area contributed by atoms with Crippen LogP contribution in [0.15, 0.2) is 87.1 Å². The van der Waals surface area contributed by atoms with Crippen LogP contribution in [0, 0.1) is 36.5 Å². The number of anilines is 1. The average molecular weight is 660 g/mol. The molecule has 1 aromatic heterocycles. The number of nitrogens with one attached hydrogen (secondary N) is 1. The molecule has 0 spiro atoms. The van der Waals surface area contributed by atoms with E-state index in [0.29, 0.717) is 12.3 Å². The van der Waals surface area contributed by atoms with Gasteiger partial charge in [-0.15, -0.1) is 11.8 Å². The van der Waals surface area contributed by atoms with E-state index in [1.165, 1.54) is 21.8 Å². The number of ether oxygens (including phenoxy) is 1. The summed E-state index contributed by atoms with van der Waals surface area (Å²) in [6.07, 6.45) is 0.872. The van der Waals surface area contributed by atoms with E-state index in [4.69, 9.17) is 4.74 Å². The predicted octanol–water partition coefficient (Wildman–Crippen LogP) is 6.76. The number of nitrogens with zero attached hydrogens (tertiary/aromatic N) is 1. The lowest BCUT2D eigenvalue weighted by atomic mass is 9.68. The molecule has 4 aliphatic rings. The van der Waals surface area contributed by atoms with Gasteiger partial charge in [-0.25, -0.2) is 0 Å². The summed E-state index contributed by atoms with van der Waals surface area (Å²) in [6.45, 7) is 2.58. The van der Waals surface area contributed by atoms with Crippen LogP contribution in [-0.4, -0.2) is 22.0 Å². The minimum atomic E-state index is -0.315. The number of H-pyrrole nitrogens is 1. The van der Waals surface area contributed by atoms with Gasteiger partial charge in [0.25, 0.3) is 0 Å². The highest BCUT2D eigenvalue weighted by Gasteiger charge is 2.69. The fourth-order valence-corrected chi connectivity index (χ4v) is 11.1. The molecule has 1 N–H and O–H groups in total. The first kappa shape index (κ1) is 26.5. The molecular weight excluding hydrogens is 632 g/mol. The highest BCUT2D eigenvalue weighted by molar-refractivity contribution is 9.10. The van der Waals surface area contributed by atoms with Gasteiger partial charge in [-0.2, -0.15) is 0 Å². The van der Waals surface area contributed by atoms with Crippen molar-refractivity contribution in [1.82, 2.24) is 4.98 Å². The van der Waals surface area contributed by atoms with Crippen LogP contribution in [-0.2, 0) is 16.2 Å². The van der Waals surface area contributed by atoms with Gasteiger partial charge in [-0.3, -0.25) is 19.3 Å². The summed E-state index contributed by atoms with van der Waals surface area (Å²) in [5.74, 6) is 0.367. The molecule has 2 aliphatic carbocycles. The lowest BCUT2D eigenvalue weighted by molar-refractivity contribution is -0.123. The van der Waals surface area contributed by atoms with Crippen molar-refractivity contribution >= 4 is 56.5 Å². The van der Waals surface area contributed by atoms with Crippen molar-refractivity contribution in [3.63, 3.8) is 0 Å². The Bertz CT molecular complexity index is 1780. The highest BCUT2D eigenvalue weighted by atomic mass is 79.9. The van der Waals surface area contributed by atoms with Gasteiger partial charge >= 0.3 is 4.87 Å². The Morgan fingerprint density at radius 3 is 2.38 bits per heavy atom. The number of hydrogen-bond donors (Lipinski definition) is 1. The Kier molecular flexibility index (Phi) is 6.28. The third-order valence-corrected chi connectivity index (χ3v) is 12.8. The van der Waals surface area contributed by atoms with Crippen molar-refractivity contribution in [3.8, 4) is 5.75 Å². The quantitative estimate of drug-likeness (QED) is 0.240. The number of rotatable bonds is 5. The fraction of sp³-hybridized carbons (Fsp3) is 0.303. The molecule has 3 aromatic carbocycles. The molecule has 6 nitrogen and oxygen atoms in total. The molecule has 6 unspecified atom stereocenters. The smallest absolute Gasteiger partial charge is 0.305 e.